The van der Waals surface area contributed by atoms with Crippen molar-refractivity contribution in [1.29, 1.82) is 0 Å². The maximum absolute atomic E-state index is 12.0. The number of hydrogen-bond acceptors (Lipinski definition) is 5. The van der Waals surface area contributed by atoms with Crippen molar-refractivity contribution >= 4 is 17.7 Å². The fourth-order valence-electron chi connectivity index (χ4n) is 2.22. The van der Waals surface area contributed by atoms with Gasteiger partial charge < -0.3 is 15.1 Å². The molecule has 23 heavy (non-hydrogen) atoms. The number of hydrogen-bond donors (Lipinski definition) is 1. The minimum absolute atomic E-state index is 0.0789. The molecule has 0 radical (unpaired) electrons. The largest absolute Gasteiger partial charge is 0.410 e. The Morgan fingerprint density at radius 2 is 1.96 bits per heavy atom. The summed E-state index contributed by atoms with van der Waals surface area (Å²) < 4.78 is 5.62. The molecule has 0 saturated carbocycles. The summed E-state index contributed by atoms with van der Waals surface area (Å²) in [5, 5.41) is 8.47. The molecule has 0 aliphatic heterocycles. The molecule has 1 aromatic heterocycles. The van der Waals surface area contributed by atoms with Crippen LogP contribution in [0.2, 0.25) is 0 Å². The highest BCUT2D eigenvalue weighted by Crippen LogP contribution is 2.20. The van der Waals surface area contributed by atoms with Gasteiger partial charge in [-0.1, -0.05) is 42.1 Å². The summed E-state index contributed by atoms with van der Waals surface area (Å²) in [6.45, 7) is 5.35. The normalized spacial score (nSPS) is 12.1. The molecule has 6 nitrogen and oxygen atoms in total. The lowest BCUT2D eigenvalue weighted by atomic mass is 10.1. The Morgan fingerprint density at radius 1 is 1.26 bits per heavy atom. The Hall–Kier alpha value is -1.86. The number of carbonyl (C=O) groups excluding carboxylic acids is 1. The fraction of sp³-hybridized carbons (Fsp3) is 0.438. The molecule has 0 saturated heterocycles. The second-order valence-electron chi connectivity index (χ2n) is 5.15. The summed E-state index contributed by atoms with van der Waals surface area (Å²) in [7, 11) is 0. The van der Waals surface area contributed by atoms with Crippen LogP contribution in [0.3, 0.4) is 0 Å². The monoisotopic (exact) mass is 335 g/mol. The third kappa shape index (κ3) is 5.07. The molecule has 2 rings (SSSR count). The Kier molecular flexibility index (Phi) is 6.61. The van der Waals surface area contributed by atoms with Crippen LogP contribution in [0.4, 0.5) is 0 Å². The second-order valence-corrected chi connectivity index (χ2v) is 6.07. The van der Waals surface area contributed by atoms with Crippen molar-refractivity contribution in [3.63, 3.8) is 0 Å². The van der Waals surface area contributed by atoms with Gasteiger partial charge in [-0.25, -0.2) is 0 Å². The highest BCUT2D eigenvalue weighted by molar-refractivity contribution is 7.99. The van der Waals surface area contributed by atoms with Crippen LogP contribution in [0.1, 0.15) is 31.3 Å². The van der Waals surface area contributed by atoms with Gasteiger partial charge in [-0.2, -0.15) is 0 Å². The van der Waals surface area contributed by atoms with Gasteiger partial charge in [0.1, 0.15) is 0 Å². The lowest BCUT2D eigenvalue weighted by molar-refractivity contribution is -0.431. The molecule has 0 spiro atoms. The average molecular weight is 335 g/mol. The van der Waals surface area contributed by atoms with E-state index in [9.17, 15) is 4.79 Å². The zero-order valence-corrected chi connectivity index (χ0v) is 14.4. The van der Waals surface area contributed by atoms with Crippen molar-refractivity contribution in [1.82, 2.24) is 15.1 Å². The quantitative estimate of drug-likeness (QED) is 0.740. The molecule has 1 amide bonds. The number of amides is 1. The van der Waals surface area contributed by atoms with Crippen molar-refractivity contribution in [3.05, 3.63) is 41.8 Å². The topological polar surface area (TPSA) is 86.9 Å². The van der Waals surface area contributed by atoms with Crippen molar-refractivity contribution in [3.8, 4) is 0 Å². The predicted molar refractivity (Wildman–Crippen MR) is 88.7 cm³/mol. The van der Waals surface area contributed by atoms with Gasteiger partial charge in [0.25, 0.3) is 11.1 Å². The second kappa shape index (κ2) is 8.69. The molecule has 0 fully saturated rings. The zero-order valence-electron chi connectivity index (χ0n) is 13.6. The van der Waals surface area contributed by atoms with Crippen LogP contribution >= 0.6 is 11.8 Å². The number of nitrogens with zero attached hydrogens (tertiary/aromatic N) is 3. The van der Waals surface area contributed by atoms with E-state index < -0.39 is 0 Å². The van der Waals surface area contributed by atoms with Crippen LogP contribution in [0.25, 0.3) is 0 Å². The lowest BCUT2D eigenvalue weighted by Crippen LogP contribution is -2.54. The summed E-state index contributed by atoms with van der Waals surface area (Å²) in [4.78, 5) is 13.7. The molecular weight excluding hydrogens is 312 g/mol. The smallest absolute Gasteiger partial charge is 0.277 e. The van der Waals surface area contributed by atoms with Crippen LogP contribution in [0.15, 0.2) is 40.0 Å². The number of quaternary nitrogens is 1. The minimum Gasteiger partial charge on any atom is -0.410 e. The molecule has 1 aromatic carbocycles. The number of rotatable bonds is 8. The third-order valence-corrected chi connectivity index (χ3v) is 4.33. The van der Waals surface area contributed by atoms with E-state index in [-0.39, 0.29) is 11.9 Å². The molecule has 1 unspecified atom stereocenters. The zero-order chi connectivity index (χ0) is 16.7. The molecule has 0 aliphatic rings. The number of benzene rings is 1. The summed E-state index contributed by atoms with van der Waals surface area (Å²) in [5.41, 5.74) is 5.26. The van der Waals surface area contributed by atoms with Crippen molar-refractivity contribution in [2.45, 2.75) is 31.5 Å². The standard InChI is InChI=1S/C16H22N4O2S/c1-3-20(4-2)14(21)11-23-16-19-18-15(22-16)13(17)10-12-8-6-5-7-9-12/h5-9,13H,3-4,10-11,17H2,1-2H3/p+1. The van der Waals surface area contributed by atoms with E-state index >= 15 is 0 Å². The summed E-state index contributed by atoms with van der Waals surface area (Å²) in [6, 6.07) is 9.97. The van der Waals surface area contributed by atoms with Crippen LogP contribution in [0, 0.1) is 0 Å². The fourth-order valence-corrected chi connectivity index (χ4v) is 2.89. The molecule has 0 aliphatic carbocycles. The van der Waals surface area contributed by atoms with Crippen LogP contribution in [-0.2, 0) is 11.2 Å². The maximum atomic E-state index is 12.0. The van der Waals surface area contributed by atoms with Gasteiger partial charge in [0.05, 0.1) is 5.75 Å². The molecule has 1 atom stereocenters. The van der Waals surface area contributed by atoms with Gasteiger partial charge in [-0.3, -0.25) is 4.79 Å². The first kappa shape index (κ1) is 17.5. The van der Waals surface area contributed by atoms with Gasteiger partial charge in [0.2, 0.25) is 5.91 Å². The molecule has 2 aromatic rings. The first-order valence-electron chi connectivity index (χ1n) is 7.75. The minimum atomic E-state index is -0.0993. The highest BCUT2D eigenvalue weighted by atomic mass is 32.2. The third-order valence-electron chi connectivity index (χ3n) is 3.53. The average Bonchev–Trinajstić information content (AvgIpc) is 3.04. The molecule has 0 bridgehead atoms. The highest BCUT2D eigenvalue weighted by Gasteiger charge is 2.19. The van der Waals surface area contributed by atoms with Crippen molar-refractivity contribution < 1.29 is 14.9 Å². The van der Waals surface area contributed by atoms with E-state index in [1.165, 1.54) is 17.3 Å². The molecule has 124 valence electrons. The van der Waals surface area contributed by atoms with Crippen molar-refractivity contribution in [2.75, 3.05) is 18.8 Å². The maximum Gasteiger partial charge on any atom is 0.277 e. The predicted octanol–water partition coefficient (Wildman–Crippen LogP) is 1.56. The van der Waals surface area contributed by atoms with E-state index in [0.29, 0.717) is 30.0 Å². The Labute approximate surface area is 140 Å². The van der Waals surface area contributed by atoms with E-state index in [1.54, 1.807) is 4.90 Å². The van der Waals surface area contributed by atoms with Crippen LogP contribution in [0.5, 0.6) is 0 Å². The van der Waals surface area contributed by atoms with Gasteiger partial charge in [-0.05, 0) is 19.4 Å². The van der Waals surface area contributed by atoms with Crippen LogP contribution in [-0.4, -0.2) is 39.8 Å². The summed E-state index contributed by atoms with van der Waals surface area (Å²) in [6.07, 6.45) is 0.742. The van der Waals surface area contributed by atoms with Gasteiger partial charge in [-0.15, -0.1) is 10.2 Å². The number of aromatic nitrogens is 2. The van der Waals surface area contributed by atoms with Gasteiger partial charge in [0, 0.05) is 19.5 Å². The van der Waals surface area contributed by atoms with E-state index in [1.807, 2.05) is 44.2 Å². The lowest BCUT2D eigenvalue weighted by Gasteiger charge is -2.17. The summed E-state index contributed by atoms with van der Waals surface area (Å²) >= 11 is 1.27. The number of carbonyl (C=O) groups is 1. The van der Waals surface area contributed by atoms with E-state index in [2.05, 4.69) is 15.9 Å². The molecular formula is C16H23N4O2S+. The van der Waals surface area contributed by atoms with Crippen LogP contribution < -0.4 is 5.73 Å². The Morgan fingerprint density at radius 3 is 2.61 bits per heavy atom. The summed E-state index contributed by atoms with van der Waals surface area (Å²) in [5.74, 6) is 0.894. The van der Waals surface area contributed by atoms with Gasteiger partial charge >= 0.3 is 0 Å². The first-order valence-corrected chi connectivity index (χ1v) is 8.73. The Bertz CT molecular complexity index is 614. The Balaban J connectivity index is 1.89. The molecule has 7 heteroatoms. The first-order chi connectivity index (χ1) is 11.1. The van der Waals surface area contributed by atoms with E-state index in [4.69, 9.17) is 4.42 Å². The van der Waals surface area contributed by atoms with Crippen molar-refractivity contribution in [2.24, 2.45) is 0 Å². The van der Waals surface area contributed by atoms with E-state index in [0.717, 1.165) is 6.42 Å². The molecule has 1 heterocycles. The number of thioether (sulfide) groups is 1. The molecule has 3 N–H and O–H groups in total. The SMILES string of the molecule is CCN(CC)C(=O)CSc1nnc(C([NH3+])Cc2ccccc2)o1. The van der Waals surface area contributed by atoms with Gasteiger partial charge in [0.15, 0.2) is 6.04 Å².